The predicted octanol–water partition coefficient (Wildman–Crippen LogP) is 3.59. The van der Waals surface area contributed by atoms with E-state index in [4.69, 9.17) is 20.9 Å². The molecule has 5 nitrogen and oxygen atoms in total. The highest BCUT2D eigenvalue weighted by Crippen LogP contribution is 2.29. The second kappa shape index (κ2) is 6.93. The van der Waals surface area contributed by atoms with E-state index in [9.17, 15) is 4.79 Å². The standard InChI is InChI=1S/C18H17ClN2O3/c1-11-16(12(2)24-21-11)9-20-18(22)6-3-13-7-14-8-15(19)4-5-17(14)23-10-13/h3-8H,9-10H2,1-2H3,(H,20,22). The minimum absolute atomic E-state index is 0.187. The van der Waals surface area contributed by atoms with Gasteiger partial charge in [-0.25, -0.2) is 0 Å². The highest BCUT2D eigenvalue weighted by molar-refractivity contribution is 6.30. The van der Waals surface area contributed by atoms with Crippen molar-refractivity contribution in [2.24, 2.45) is 0 Å². The fourth-order valence-corrected chi connectivity index (χ4v) is 2.61. The Kier molecular flexibility index (Phi) is 4.71. The maximum absolute atomic E-state index is 12.0. The Morgan fingerprint density at radius 1 is 1.42 bits per heavy atom. The number of amides is 1. The molecule has 0 spiro atoms. The zero-order valence-electron chi connectivity index (χ0n) is 13.4. The number of aromatic nitrogens is 1. The summed E-state index contributed by atoms with van der Waals surface area (Å²) in [5.74, 6) is 1.32. The first kappa shape index (κ1) is 16.3. The predicted molar refractivity (Wildman–Crippen MR) is 91.9 cm³/mol. The second-order valence-electron chi connectivity index (χ2n) is 5.54. The number of fused-ring (bicyclic) bond motifs is 1. The van der Waals surface area contributed by atoms with Crippen molar-refractivity contribution in [3.8, 4) is 5.75 Å². The van der Waals surface area contributed by atoms with E-state index < -0.39 is 0 Å². The fraction of sp³-hybridized carbons (Fsp3) is 0.222. The van der Waals surface area contributed by atoms with Crippen LogP contribution < -0.4 is 10.1 Å². The molecule has 0 aliphatic carbocycles. The van der Waals surface area contributed by atoms with Gasteiger partial charge in [0.25, 0.3) is 0 Å². The van der Waals surface area contributed by atoms with Crippen LogP contribution in [-0.4, -0.2) is 17.7 Å². The summed E-state index contributed by atoms with van der Waals surface area (Å²) in [6.07, 6.45) is 5.19. The second-order valence-corrected chi connectivity index (χ2v) is 5.98. The van der Waals surface area contributed by atoms with Crippen LogP contribution in [0.15, 0.2) is 40.4 Å². The van der Waals surface area contributed by atoms with E-state index in [-0.39, 0.29) is 5.91 Å². The minimum atomic E-state index is -0.187. The molecule has 0 saturated carbocycles. The Bertz CT molecular complexity index is 817. The third-order valence-corrected chi connectivity index (χ3v) is 4.01. The number of ether oxygens (including phenoxy) is 1. The van der Waals surface area contributed by atoms with E-state index >= 15 is 0 Å². The van der Waals surface area contributed by atoms with Crippen LogP contribution in [-0.2, 0) is 11.3 Å². The Balaban J connectivity index is 1.62. The molecule has 0 saturated heterocycles. The Morgan fingerprint density at radius 2 is 2.25 bits per heavy atom. The molecule has 2 heterocycles. The number of benzene rings is 1. The maximum atomic E-state index is 12.0. The molecule has 0 radical (unpaired) electrons. The molecule has 1 N–H and O–H groups in total. The summed E-state index contributed by atoms with van der Waals surface area (Å²) >= 11 is 5.99. The monoisotopic (exact) mass is 344 g/mol. The highest BCUT2D eigenvalue weighted by atomic mass is 35.5. The number of nitrogens with one attached hydrogen (secondary N) is 1. The van der Waals surface area contributed by atoms with Gasteiger partial charge in [0.05, 0.1) is 5.69 Å². The Hall–Kier alpha value is -2.53. The van der Waals surface area contributed by atoms with Gasteiger partial charge in [-0.3, -0.25) is 4.79 Å². The third-order valence-electron chi connectivity index (χ3n) is 3.78. The van der Waals surface area contributed by atoms with Gasteiger partial charge >= 0.3 is 0 Å². The van der Waals surface area contributed by atoms with Crippen molar-refractivity contribution in [2.45, 2.75) is 20.4 Å². The molecule has 1 aromatic heterocycles. The van der Waals surface area contributed by atoms with Gasteiger partial charge in [-0.05, 0) is 43.7 Å². The molecule has 1 aromatic carbocycles. The van der Waals surface area contributed by atoms with Crippen molar-refractivity contribution < 1.29 is 14.1 Å². The number of nitrogens with zero attached hydrogens (tertiary/aromatic N) is 1. The van der Waals surface area contributed by atoms with Crippen LogP contribution in [0.3, 0.4) is 0 Å². The maximum Gasteiger partial charge on any atom is 0.244 e. The molecule has 0 fully saturated rings. The van der Waals surface area contributed by atoms with Crippen LogP contribution in [0.4, 0.5) is 0 Å². The number of hydrogen-bond acceptors (Lipinski definition) is 4. The van der Waals surface area contributed by atoms with Gasteiger partial charge in [-0.15, -0.1) is 0 Å². The lowest BCUT2D eigenvalue weighted by molar-refractivity contribution is -0.116. The summed E-state index contributed by atoms with van der Waals surface area (Å²) in [4.78, 5) is 12.0. The van der Waals surface area contributed by atoms with Crippen molar-refractivity contribution in [1.29, 1.82) is 0 Å². The van der Waals surface area contributed by atoms with Gasteiger partial charge in [0, 0.05) is 28.8 Å². The van der Waals surface area contributed by atoms with Crippen molar-refractivity contribution in [3.63, 3.8) is 0 Å². The fourth-order valence-electron chi connectivity index (χ4n) is 2.43. The molecule has 3 rings (SSSR count). The van der Waals surface area contributed by atoms with Crippen molar-refractivity contribution in [1.82, 2.24) is 10.5 Å². The molecular weight excluding hydrogens is 328 g/mol. The van der Waals surface area contributed by atoms with Crippen LogP contribution in [0.5, 0.6) is 5.75 Å². The number of halogens is 1. The minimum Gasteiger partial charge on any atom is -0.488 e. The number of aryl methyl sites for hydroxylation is 2. The summed E-state index contributed by atoms with van der Waals surface area (Å²) in [5, 5.41) is 7.33. The summed E-state index contributed by atoms with van der Waals surface area (Å²) in [6.45, 7) is 4.48. The average Bonchev–Trinajstić information content (AvgIpc) is 2.89. The van der Waals surface area contributed by atoms with E-state index in [1.807, 2.05) is 32.1 Å². The molecule has 0 unspecified atom stereocenters. The topological polar surface area (TPSA) is 64.4 Å². The van der Waals surface area contributed by atoms with Crippen molar-refractivity contribution in [3.05, 3.63) is 63.5 Å². The number of carbonyl (C=O) groups is 1. The molecule has 2 aromatic rings. The molecule has 124 valence electrons. The van der Waals surface area contributed by atoms with Crippen LogP contribution in [0.25, 0.3) is 6.08 Å². The van der Waals surface area contributed by atoms with Gasteiger partial charge in [0.2, 0.25) is 5.91 Å². The molecule has 6 heteroatoms. The van der Waals surface area contributed by atoms with Gasteiger partial charge < -0.3 is 14.6 Å². The summed E-state index contributed by atoms with van der Waals surface area (Å²) in [6, 6.07) is 5.46. The van der Waals surface area contributed by atoms with Crippen LogP contribution in [0.1, 0.15) is 22.6 Å². The zero-order valence-corrected chi connectivity index (χ0v) is 14.2. The Morgan fingerprint density at radius 3 is 3.00 bits per heavy atom. The largest absolute Gasteiger partial charge is 0.488 e. The van der Waals surface area contributed by atoms with Crippen molar-refractivity contribution >= 4 is 23.6 Å². The van der Waals surface area contributed by atoms with E-state index in [0.717, 1.165) is 28.1 Å². The Labute approximate surface area is 144 Å². The SMILES string of the molecule is Cc1noc(C)c1CNC(=O)C=CC1=Cc2cc(Cl)ccc2OC1. The normalized spacial score (nSPS) is 13.4. The summed E-state index contributed by atoms with van der Waals surface area (Å²) in [7, 11) is 0. The number of hydrogen-bond donors (Lipinski definition) is 1. The molecular formula is C18H17ClN2O3. The average molecular weight is 345 g/mol. The summed E-state index contributed by atoms with van der Waals surface area (Å²) < 4.78 is 10.7. The van der Waals surface area contributed by atoms with E-state index in [1.54, 1.807) is 12.1 Å². The molecule has 0 bridgehead atoms. The van der Waals surface area contributed by atoms with Gasteiger partial charge in [-0.1, -0.05) is 22.8 Å². The highest BCUT2D eigenvalue weighted by Gasteiger charge is 2.11. The van der Waals surface area contributed by atoms with E-state index in [1.165, 1.54) is 6.08 Å². The number of rotatable bonds is 4. The quantitative estimate of drug-likeness (QED) is 0.861. The smallest absolute Gasteiger partial charge is 0.244 e. The van der Waals surface area contributed by atoms with Crippen LogP contribution in [0.2, 0.25) is 5.02 Å². The van der Waals surface area contributed by atoms with Gasteiger partial charge in [0.15, 0.2) is 0 Å². The first-order chi connectivity index (χ1) is 11.5. The lowest BCUT2D eigenvalue weighted by Crippen LogP contribution is -2.21. The lowest BCUT2D eigenvalue weighted by atomic mass is 10.1. The van der Waals surface area contributed by atoms with Gasteiger partial charge in [0.1, 0.15) is 18.1 Å². The van der Waals surface area contributed by atoms with E-state index in [2.05, 4.69) is 10.5 Å². The molecule has 1 aliphatic heterocycles. The molecule has 1 amide bonds. The molecule has 0 atom stereocenters. The third kappa shape index (κ3) is 3.68. The van der Waals surface area contributed by atoms with Crippen LogP contribution >= 0.6 is 11.6 Å². The van der Waals surface area contributed by atoms with Crippen LogP contribution in [0, 0.1) is 13.8 Å². The number of carbonyl (C=O) groups excluding carboxylic acids is 1. The first-order valence-electron chi connectivity index (χ1n) is 7.53. The van der Waals surface area contributed by atoms with E-state index in [0.29, 0.717) is 23.9 Å². The first-order valence-corrected chi connectivity index (χ1v) is 7.91. The molecule has 1 aliphatic rings. The van der Waals surface area contributed by atoms with Gasteiger partial charge in [-0.2, -0.15) is 0 Å². The zero-order chi connectivity index (χ0) is 17.1. The molecule has 24 heavy (non-hydrogen) atoms. The lowest BCUT2D eigenvalue weighted by Gasteiger charge is -2.16. The van der Waals surface area contributed by atoms with Crippen molar-refractivity contribution in [2.75, 3.05) is 6.61 Å². The summed E-state index contributed by atoms with van der Waals surface area (Å²) in [5.41, 5.74) is 3.50.